The van der Waals surface area contributed by atoms with Gasteiger partial charge in [-0.3, -0.25) is 0 Å². The van der Waals surface area contributed by atoms with E-state index in [9.17, 15) is 8.42 Å². The van der Waals surface area contributed by atoms with E-state index >= 15 is 0 Å². The number of sulfonamides is 1. The molecule has 2 rings (SSSR count). The second-order valence-electron chi connectivity index (χ2n) is 5.66. The minimum atomic E-state index is -3.23. The summed E-state index contributed by atoms with van der Waals surface area (Å²) < 4.78 is 25.2. The van der Waals surface area contributed by atoms with Gasteiger partial charge in [0.15, 0.2) is 5.96 Å². The highest BCUT2D eigenvalue weighted by Gasteiger charge is 2.16. The average Bonchev–Trinajstić information content (AvgIpc) is 2.44. The number of aliphatic imine (C=N–C) groups is 1. The summed E-state index contributed by atoms with van der Waals surface area (Å²) in [5.74, 6) is 1.19. The van der Waals surface area contributed by atoms with Crippen molar-refractivity contribution < 1.29 is 8.42 Å². The molecule has 7 heteroatoms. The second-order valence-corrected chi connectivity index (χ2v) is 7.59. The van der Waals surface area contributed by atoms with Gasteiger partial charge in [-0.2, -0.15) is 0 Å². The van der Waals surface area contributed by atoms with Crippen LogP contribution in [0.1, 0.15) is 30.4 Å². The van der Waals surface area contributed by atoms with Crippen LogP contribution in [0.15, 0.2) is 29.3 Å². The molecule has 1 aromatic carbocycles. The van der Waals surface area contributed by atoms with Gasteiger partial charge in [-0.1, -0.05) is 30.7 Å². The summed E-state index contributed by atoms with van der Waals surface area (Å²) in [6, 6.07) is 7.36. The number of guanidine groups is 1. The van der Waals surface area contributed by atoms with Crippen LogP contribution >= 0.6 is 0 Å². The van der Waals surface area contributed by atoms with E-state index < -0.39 is 10.0 Å². The molecule has 0 unspecified atom stereocenters. The molecule has 0 amide bonds. The minimum absolute atomic E-state index is 0.0157. The van der Waals surface area contributed by atoms with E-state index in [4.69, 9.17) is 5.73 Å². The lowest BCUT2D eigenvalue weighted by Crippen LogP contribution is -2.37. The molecule has 1 fully saturated rings. The lowest BCUT2D eigenvalue weighted by molar-refractivity contribution is 0.315. The van der Waals surface area contributed by atoms with Gasteiger partial charge in [0.25, 0.3) is 0 Å². The van der Waals surface area contributed by atoms with Crippen molar-refractivity contribution in [2.75, 3.05) is 13.6 Å². The summed E-state index contributed by atoms with van der Waals surface area (Å²) in [6.07, 6.45) is 3.87. The van der Waals surface area contributed by atoms with Crippen LogP contribution in [0.3, 0.4) is 0 Å². The zero-order chi connectivity index (χ0) is 16.0. The van der Waals surface area contributed by atoms with E-state index in [2.05, 4.69) is 15.0 Å². The first-order valence-corrected chi connectivity index (χ1v) is 9.16. The lowest BCUT2D eigenvalue weighted by atomic mass is 9.85. The number of nitrogens with one attached hydrogen (secondary N) is 2. The highest BCUT2D eigenvalue weighted by molar-refractivity contribution is 7.88. The third-order valence-electron chi connectivity index (χ3n) is 3.92. The smallest absolute Gasteiger partial charge is 0.215 e. The number of hydrogen-bond donors (Lipinski definition) is 3. The first-order valence-electron chi connectivity index (χ1n) is 7.51. The third kappa shape index (κ3) is 5.31. The van der Waals surface area contributed by atoms with Gasteiger partial charge in [0.05, 0.1) is 12.3 Å². The maximum absolute atomic E-state index is 11.5. The van der Waals surface area contributed by atoms with E-state index in [-0.39, 0.29) is 5.75 Å². The zero-order valence-corrected chi connectivity index (χ0v) is 13.7. The van der Waals surface area contributed by atoms with Crippen LogP contribution in [-0.4, -0.2) is 28.0 Å². The van der Waals surface area contributed by atoms with Crippen molar-refractivity contribution in [1.29, 1.82) is 0 Å². The quantitative estimate of drug-likeness (QED) is 0.514. The van der Waals surface area contributed by atoms with Crippen LogP contribution in [-0.2, 0) is 22.3 Å². The van der Waals surface area contributed by atoms with E-state index in [1.807, 2.05) is 12.1 Å². The van der Waals surface area contributed by atoms with Crippen molar-refractivity contribution in [1.82, 2.24) is 10.0 Å². The summed E-state index contributed by atoms with van der Waals surface area (Å²) in [5.41, 5.74) is 7.58. The molecule has 122 valence electrons. The Morgan fingerprint density at radius 3 is 2.45 bits per heavy atom. The molecule has 0 aromatic heterocycles. The molecule has 0 saturated heterocycles. The maximum Gasteiger partial charge on any atom is 0.215 e. The first kappa shape index (κ1) is 16.8. The van der Waals surface area contributed by atoms with E-state index in [0.717, 1.165) is 23.6 Å². The van der Waals surface area contributed by atoms with E-state index in [0.29, 0.717) is 12.5 Å². The monoisotopic (exact) mass is 324 g/mol. The molecule has 1 aliphatic carbocycles. The van der Waals surface area contributed by atoms with Gasteiger partial charge in [0.1, 0.15) is 0 Å². The Balaban J connectivity index is 1.82. The molecule has 0 aliphatic heterocycles. The minimum Gasteiger partial charge on any atom is -0.370 e. The van der Waals surface area contributed by atoms with Crippen LogP contribution in [0.5, 0.6) is 0 Å². The fourth-order valence-corrected chi connectivity index (χ4v) is 2.99. The summed E-state index contributed by atoms with van der Waals surface area (Å²) in [6.45, 7) is 1.39. The molecular formula is C15H24N4O2S. The van der Waals surface area contributed by atoms with Crippen molar-refractivity contribution in [3.8, 4) is 0 Å². The normalized spacial score (nSPS) is 16.3. The topological polar surface area (TPSA) is 96.6 Å². The van der Waals surface area contributed by atoms with Crippen LogP contribution in [0.2, 0.25) is 0 Å². The summed E-state index contributed by atoms with van der Waals surface area (Å²) >= 11 is 0. The van der Waals surface area contributed by atoms with Gasteiger partial charge in [-0.15, -0.1) is 0 Å². The van der Waals surface area contributed by atoms with Crippen molar-refractivity contribution >= 4 is 16.0 Å². The maximum atomic E-state index is 11.5. The predicted octanol–water partition coefficient (Wildman–Crippen LogP) is 0.940. The van der Waals surface area contributed by atoms with Crippen molar-refractivity contribution in [3.05, 3.63) is 35.4 Å². The number of nitrogens with two attached hydrogens (primary N) is 1. The molecule has 1 aromatic rings. The molecule has 0 atom stereocenters. The van der Waals surface area contributed by atoms with Gasteiger partial charge >= 0.3 is 0 Å². The van der Waals surface area contributed by atoms with Gasteiger partial charge in [-0.25, -0.2) is 18.1 Å². The standard InChI is InChI=1S/C15H24N4O2S/c1-17-22(20,21)11-14-7-5-13(6-8-14)10-19-15(16)18-9-12-3-2-4-12/h5-8,12,17H,2-4,9-11H2,1H3,(H3,16,18,19). The molecular weight excluding hydrogens is 300 g/mol. The Morgan fingerprint density at radius 2 is 1.91 bits per heavy atom. The highest BCUT2D eigenvalue weighted by atomic mass is 32.2. The molecule has 0 heterocycles. The van der Waals surface area contributed by atoms with Crippen LogP contribution in [0, 0.1) is 5.92 Å². The highest BCUT2D eigenvalue weighted by Crippen LogP contribution is 2.24. The molecule has 0 spiro atoms. The summed E-state index contributed by atoms with van der Waals surface area (Å²) in [5, 5.41) is 3.15. The van der Waals surface area contributed by atoms with E-state index in [1.54, 1.807) is 12.1 Å². The molecule has 1 aliphatic rings. The largest absolute Gasteiger partial charge is 0.370 e. The molecule has 6 nitrogen and oxygen atoms in total. The number of rotatable bonds is 7. The van der Waals surface area contributed by atoms with Crippen molar-refractivity contribution in [2.45, 2.75) is 31.6 Å². The predicted molar refractivity (Wildman–Crippen MR) is 88.8 cm³/mol. The van der Waals surface area contributed by atoms with Crippen LogP contribution in [0.4, 0.5) is 0 Å². The third-order valence-corrected chi connectivity index (χ3v) is 5.25. The van der Waals surface area contributed by atoms with Gasteiger partial charge < -0.3 is 11.1 Å². The Kier molecular flexibility index (Phi) is 5.79. The molecule has 1 saturated carbocycles. The second kappa shape index (κ2) is 7.60. The zero-order valence-electron chi connectivity index (χ0n) is 12.9. The Morgan fingerprint density at radius 1 is 1.27 bits per heavy atom. The van der Waals surface area contributed by atoms with Gasteiger partial charge in [0.2, 0.25) is 10.0 Å². The fraction of sp³-hybridized carbons (Fsp3) is 0.533. The lowest BCUT2D eigenvalue weighted by Gasteiger charge is -2.25. The average molecular weight is 324 g/mol. The fourth-order valence-electron chi connectivity index (χ4n) is 2.21. The van der Waals surface area contributed by atoms with Crippen molar-refractivity contribution in [2.24, 2.45) is 16.6 Å². The van der Waals surface area contributed by atoms with Crippen LogP contribution in [0.25, 0.3) is 0 Å². The first-order chi connectivity index (χ1) is 10.5. The summed E-state index contributed by atoms with van der Waals surface area (Å²) in [7, 11) is -1.82. The number of benzene rings is 1. The van der Waals surface area contributed by atoms with Crippen molar-refractivity contribution in [3.63, 3.8) is 0 Å². The molecule has 0 bridgehead atoms. The molecule has 0 radical (unpaired) electrons. The number of nitrogens with zero attached hydrogens (tertiary/aromatic N) is 1. The van der Waals surface area contributed by atoms with Gasteiger partial charge in [0, 0.05) is 6.54 Å². The van der Waals surface area contributed by atoms with Gasteiger partial charge in [-0.05, 0) is 36.9 Å². The molecule has 4 N–H and O–H groups in total. The SMILES string of the molecule is CNS(=O)(=O)Cc1ccc(CN=C(N)NCC2CCC2)cc1. The Bertz CT molecular complexity index is 607. The van der Waals surface area contributed by atoms with E-state index in [1.165, 1.54) is 26.3 Å². The molecule has 22 heavy (non-hydrogen) atoms. The Labute approximate surface area is 132 Å². The Hall–Kier alpha value is -1.60. The number of hydrogen-bond acceptors (Lipinski definition) is 3. The summed E-state index contributed by atoms with van der Waals surface area (Å²) in [4.78, 5) is 4.30. The van der Waals surface area contributed by atoms with Crippen LogP contribution < -0.4 is 15.8 Å².